The van der Waals surface area contributed by atoms with Crippen LogP contribution < -0.4 is 0 Å². The van der Waals surface area contributed by atoms with Gasteiger partial charge in [-0.05, 0) is 25.7 Å². The summed E-state index contributed by atoms with van der Waals surface area (Å²) in [7, 11) is 0. The van der Waals surface area contributed by atoms with E-state index in [-0.39, 0.29) is 0 Å². The number of thiazole rings is 1. The van der Waals surface area contributed by atoms with Crippen LogP contribution in [0.1, 0.15) is 68.0 Å². The molecule has 98 valence electrons. The van der Waals surface area contributed by atoms with Gasteiger partial charge in [0.25, 0.3) is 0 Å². The first-order chi connectivity index (χ1) is 8.72. The van der Waals surface area contributed by atoms with E-state index in [2.05, 4.69) is 10.4 Å². The first-order valence-corrected chi connectivity index (χ1v) is 7.80. The highest BCUT2D eigenvalue weighted by atomic mass is 32.1. The summed E-state index contributed by atoms with van der Waals surface area (Å²) in [5.41, 5.74) is 0.514. The van der Waals surface area contributed by atoms with Crippen molar-refractivity contribution in [1.82, 2.24) is 4.98 Å². The van der Waals surface area contributed by atoms with E-state index in [9.17, 15) is 9.90 Å². The zero-order valence-corrected chi connectivity index (χ0v) is 11.3. The van der Waals surface area contributed by atoms with Crippen LogP contribution >= 0.6 is 11.3 Å². The second-order valence-corrected chi connectivity index (χ2v) is 6.51. The highest BCUT2D eigenvalue weighted by Crippen LogP contribution is 2.46. The Morgan fingerprint density at radius 3 is 2.56 bits per heavy atom. The maximum Gasteiger partial charge on any atom is 0.316 e. The quantitative estimate of drug-likeness (QED) is 0.906. The Bertz CT molecular complexity index is 444. The first-order valence-electron chi connectivity index (χ1n) is 6.92. The zero-order chi connectivity index (χ0) is 12.6. The van der Waals surface area contributed by atoms with E-state index in [1.54, 1.807) is 11.3 Å². The molecule has 4 heteroatoms. The molecule has 2 aliphatic rings. The monoisotopic (exact) mass is 265 g/mol. The summed E-state index contributed by atoms with van der Waals surface area (Å²) in [4.78, 5) is 16.1. The molecule has 0 unspecified atom stereocenters. The average Bonchev–Trinajstić information content (AvgIpc) is 2.78. The molecule has 3 rings (SSSR count). The fraction of sp³-hybridized carbons (Fsp3) is 0.714. The molecule has 1 heterocycles. The summed E-state index contributed by atoms with van der Waals surface area (Å²) in [5.74, 6) is -0.104. The lowest BCUT2D eigenvalue weighted by Gasteiger charge is -2.35. The van der Waals surface area contributed by atoms with Crippen molar-refractivity contribution in [1.29, 1.82) is 0 Å². The minimum absolute atomic E-state index is 0.578. The molecule has 2 saturated carbocycles. The van der Waals surface area contributed by atoms with Crippen molar-refractivity contribution in [3.05, 3.63) is 16.1 Å². The van der Waals surface area contributed by atoms with Crippen LogP contribution in [0.3, 0.4) is 0 Å². The lowest BCUT2D eigenvalue weighted by molar-refractivity contribution is -0.147. The number of aromatic nitrogens is 1. The topological polar surface area (TPSA) is 50.2 Å². The Hall–Kier alpha value is -0.900. The molecule has 0 aliphatic heterocycles. The second-order valence-electron chi connectivity index (χ2n) is 5.65. The maximum atomic E-state index is 11.5. The Morgan fingerprint density at radius 2 is 2.00 bits per heavy atom. The van der Waals surface area contributed by atoms with Crippen molar-refractivity contribution in [3.8, 4) is 0 Å². The number of carboxylic acids is 1. The third-order valence-electron chi connectivity index (χ3n) is 4.57. The standard InChI is InChI=1S/C14H19NO2S/c16-13(17)14(7-4-8-14)12-15-11(9-18-12)10-5-2-1-3-6-10/h9-10H,1-8H2,(H,16,17). The van der Waals surface area contributed by atoms with Crippen LogP contribution in [0, 0.1) is 0 Å². The molecule has 0 amide bonds. The minimum atomic E-state index is -0.682. The molecule has 0 atom stereocenters. The highest BCUT2D eigenvalue weighted by molar-refractivity contribution is 7.10. The van der Waals surface area contributed by atoms with E-state index < -0.39 is 11.4 Å². The lowest BCUT2D eigenvalue weighted by atomic mass is 9.69. The van der Waals surface area contributed by atoms with E-state index in [4.69, 9.17) is 0 Å². The summed E-state index contributed by atoms with van der Waals surface area (Å²) in [6, 6.07) is 0. The predicted octanol–water partition coefficient (Wildman–Crippen LogP) is 3.70. The van der Waals surface area contributed by atoms with Crippen LogP contribution in [0.2, 0.25) is 0 Å². The van der Waals surface area contributed by atoms with Gasteiger partial charge in [-0.1, -0.05) is 25.7 Å². The van der Waals surface area contributed by atoms with Gasteiger partial charge in [-0.2, -0.15) is 0 Å². The molecule has 2 fully saturated rings. The molecule has 3 nitrogen and oxygen atoms in total. The molecular formula is C14H19NO2S. The van der Waals surface area contributed by atoms with Crippen molar-refractivity contribution in [3.63, 3.8) is 0 Å². The largest absolute Gasteiger partial charge is 0.481 e. The molecule has 0 saturated heterocycles. The third kappa shape index (κ3) is 1.87. The zero-order valence-electron chi connectivity index (χ0n) is 10.5. The van der Waals surface area contributed by atoms with E-state index >= 15 is 0 Å². The van der Waals surface area contributed by atoms with Gasteiger partial charge in [0.15, 0.2) is 0 Å². The Kier molecular flexibility index (Phi) is 3.14. The van der Waals surface area contributed by atoms with Crippen molar-refractivity contribution in [2.75, 3.05) is 0 Å². The number of rotatable bonds is 3. The summed E-state index contributed by atoms with van der Waals surface area (Å²) in [5, 5.41) is 12.4. The van der Waals surface area contributed by atoms with Gasteiger partial charge in [0.2, 0.25) is 0 Å². The fourth-order valence-electron chi connectivity index (χ4n) is 3.14. The van der Waals surface area contributed by atoms with E-state index in [1.165, 1.54) is 32.1 Å². The van der Waals surface area contributed by atoms with Crippen molar-refractivity contribution in [2.45, 2.75) is 62.7 Å². The summed E-state index contributed by atoms with van der Waals surface area (Å²) >= 11 is 1.56. The van der Waals surface area contributed by atoms with Gasteiger partial charge in [0.1, 0.15) is 10.4 Å². The smallest absolute Gasteiger partial charge is 0.316 e. The summed E-state index contributed by atoms with van der Waals surface area (Å²) in [6.07, 6.45) is 8.92. The Morgan fingerprint density at radius 1 is 1.28 bits per heavy atom. The highest BCUT2D eigenvalue weighted by Gasteiger charge is 2.48. The number of carbonyl (C=O) groups is 1. The van der Waals surface area contributed by atoms with Gasteiger partial charge in [-0.15, -0.1) is 11.3 Å². The van der Waals surface area contributed by atoms with Crippen LogP contribution in [0.15, 0.2) is 5.38 Å². The molecule has 2 aliphatic carbocycles. The van der Waals surface area contributed by atoms with Crippen LogP contribution in [0.5, 0.6) is 0 Å². The van der Waals surface area contributed by atoms with Crippen LogP contribution in [0.4, 0.5) is 0 Å². The molecule has 0 radical (unpaired) electrons. The molecule has 1 aromatic heterocycles. The van der Waals surface area contributed by atoms with Crippen LogP contribution in [-0.4, -0.2) is 16.1 Å². The first kappa shape index (κ1) is 12.2. The van der Waals surface area contributed by atoms with Crippen molar-refractivity contribution >= 4 is 17.3 Å². The number of hydrogen-bond donors (Lipinski definition) is 1. The predicted molar refractivity (Wildman–Crippen MR) is 71.1 cm³/mol. The van der Waals surface area contributed by atoms with Gasteiger partial charge in [0, 0.05) is 11.3 Å². The maximum absolute atomic E-state index is 11.5. The molecule has 1 N–H and O–H groups in total. The molecule has 18 heavy (non-hydrogen) atoms. The fourth-order valence-corrected chi connectivity index (χ4v) is 4.29. The van der Waals surface area contributed by atoms with Crippen molar-refractivity contribution < 1.29 is 9.90 Å². The second kappa shape index (κ2) is 4.65. The number of hydrogen-bond acceptors (Lipinski definition) is 3. The van der Waals surface area contributed by atoms with Gasteiger partial charge >= 0.3 is 5.97 Å². The number of aliphatic carboxylic acids is 1. The molecule has 1 aromatic rings. The minimum Gasteiger partial charge on any atom is -0.481 e. The van der Waals surface area contributed by atoms with Gasteiger partial charge in [0.05, 0.1) is 5.69 Å². The van der Waals surface area contributed by atoms with Gasteiger partial charge < -0.3 is 5.11 Å². The van der Waals surface area contributed by atoms with Gasteiger partial charge in [-0.3, -0.25) is 4.79 Å². The number of nitrogens with zero attached hydrogens (tertiary/aromatic N) is 1. The normalized spacial score (nSPS) is 23.6. The van der Waals surface area contributed by atoms with Gasteiger partial charge in [-0.25, -0.2) is 4.98 Å². The summed E-state index contributed by atoms with van der Waals surface area (Å²) < 4.78 is 0. The molecule has 0 spiro atoms. The third-order valence-corrected chi connectivity index (χ3v) is 5.64. The summed E-state index contributed by atoms with van der Waals surface area (Å²) in [6.45, 7) is 0. The van der Waals surface area contributed by atoms with Crippen LogP contribution in [0.25, 0.3) is 0 Å². The average molecular weight is 265 g/mol. The molecule has 0 aromatic carbocycles. The van der Waals surface area contributed by atoms with E-state index in [1.807, 2.05) is 0 Å². The number of carboxylic acid groups (broad SMARTS) is 1. The molecular weight excluding hydrogens is 246 g/mol. The SMILES string of the molecule is O=C(O)C1(c2nc(C3CCCCC3)cs2)CCC1. The van der Waals surface area contributed by atoms with Crippen molar-refractivity contribution in [2.24, 2.45) is 0 Å². The molecule has 0 bridgehead atoms. The van der Waals surface area contributed by atoms with E-state index in [0.29, 0.717) is 5.92 Å². The Balaban J connectivity index is 1.82. The lowest BCUT2D eigenvalue weighted by Crippen LogP contribution is -2.42. The Labute approximate surface area is 111 Å². The van der Waals surface area contributed by atoms with E-state index in [0.717, 1.165) is 30.0 Å². The van der Waals surface area contributed by atoms with Crippen LogP contribution in [-0.2, 0) is 10.2 Å².